The van der Waals surface area contributed by atoms with Crippen molar-refractivity contribution in [2.24, 2.45) is 0 Å². The van der Waals surface area contributed by atoms with E-state index in [1.165, 1.54) is 16.5 Å². The van der Waals surface area contributed by atoms with Crippen molar-refractivity contribution in [3.63, 3.8) is 0 Å². The summed E-state index contributed by atoms with van der Waals surface area (Å²) in [7, 11) is 0. The van der Waals surface area contributed by atoms with Crippen molar-refractivity contribution in [1.82, 2.24) is 0 Å². The highest BCUT2D eigenvalue weighted by Gasteiger charge is 2.50. The predicted molar refractivity (Wildman–Crippen MR) is 374 cm³/mol. The first-order chi connectivity index (χ1) is 44.4. The van der Waals surface area contributed by atoms with Crippen molar-refractivity contribution in [3.8, 4) is 23.0 Å². The van der Waals surface area contributed by atoms with Crippen LogP contribution in [0.15, 0.2) is 309 Å². The van der Waals surface area contributed by atoms with Crippen LogP contribution >= 0.6 is 0 Å². The van der Waals surface area contributed by atoms with Gasteiger partial charge in [0.2, 0.25) is 0 Å². The van der Waals surface area contributed by atoms with Crippen LogP contribution in [0.1, 0.15) is 25.0 Å². The van der Waals surface area contributed by atoms with Crippen LogP contribution in [0.2, 0.25) is 0 Å². The first-order valence-corrected chi connectivity index (χ1v) is 31.1. The van der Waals surface area contributed by atoms with Gasteiger partial charge in [-0.15, -0.1) is 0 Å². The fourth-order valence-corrected chi connectivity index (χ4v) is 15.2. The number of rotatable bonds is 9. The summed E-state index contributed by atoms with van der Waals surface area (Å²) in [6, 6.07) is 112. The van der Waals surface area contributed by atoms with Gasteiger partial charge in [0.05, 0.1) is 22.7 Å². The van der Waals surface area contributed by atoms with Crippen LogP contribution in [0.3, 0.4) is 0 Å². The molecule has 13 aromatic carbocycles. The lowest BCUT2D eigenvalue weighted by Gasteiger charge is -2.46. The van der Waals surface area contributed by atoms with Crippen LogP contribution in [-0.2, 0) is 5.41 Å². The minimum absolute atomic E-state index is 0.201. The summed E-state index contributed by atoms with van der Waals surface area (Å²) < 4.78 is 15.7. The van der Waals surface area contributed by atoms with E-state index >= 15 is 0 Å². The number of ether oxygens (including phenoxy) is 2. The maximum absolute atomic E-state index is 7.93. The molecule has 0 bridgehead atoms. The van der Waals surface area contributed by atoms with Gasteiger partial charge in [0.15, 0.2) is 0 Å². The van der Waals surface area contributed by atoms with E-state index in [0.29, 0.717) is 0 Å². The topological polar surface area (TPSA) is 34.7 Å². The molecule has 0 saturated heterocycles. The van der Waals surface area contributed by atoms with Gasteiger partial charge in [-0.2, -0.15) is 0 Å². The lowest BCUT2D eigenvalue weighted by Crippen LogP contribution is -2.63. The molecule has 5 aliphatic rings. The second kappa shape index (κ2) is 20.3. The third-order valence-electron chi connectivity index (χ3n) is 19.0. The van der Waals surface area contributed by atoms with Gasteiger partial charge in [-0.05, 0) is 154 Å². The average molecular weight is 1150 g/mol. The zero-order chi connectivity index (χ0) is 59.6. The Balaban J connectivity index is 0.925. The third kappa shape index (κ3) is 7.88. The molecule has 7 nitrogen and oxygen atoms in total. The van der Waals surface area contributed by atoms with E-state index in [9.17, 15) is 0 Å². The number of nitrogens with zero attached hydrogens (tertiary/aromatic N) is 5. The first-order valence-electron chi connectivity index (χ1n) is 31.1. The quantitative estimate of drug-likeness (QED) is 0.133. The smallest absolute Gasteiger partial charge is 0.256 e. The van der Waals surface area contributed by atoms with Gasteiger partial charge in [0.1, 0.15) is 23.0 Å². The number of fused-ring (bicyclic) bond motifs is 11. The molecule has 0 aromatic heterocycles. The zero-order valence-corrected chi connectivity index (χ0v) is 49.7. The second-order valence-electron chi connectivity index (χ2n) is 24.4. The van der Waals surface area contributed by atoms with Gasteiger partial charge < -0.3 is 34.0 Å². The van der Waals surface area contributed by atoms with Crippen molar-refractivity contribution >= 4 is 132 Å². The van der Waals surface area contributed by atoms with E-state index in [1.807, 2.05) is 0 Å². The van der Waals surface area contributed by atoms with Crippen molar-refractivity contribution < 1.29 is 9.47 Å². The van der Waals surface area contributed by atoms with Crippen molar-refractivity contribution in [3.05, 3.63) is 321 Å². The monoisotopic (exact) mass is 1150 g/mol. The van der Waals surface area contributed by atoms with Gasteiger partial charge in [0.25, 0.3) is 13.4 Å². The molecule has 0 saturated carbocycles. The minimum atomic E-state index is -0.482. The Morgan fingerprint density at radius 3 is 1.21 bits per heavy atom. The van der Waals surface area contributed by atoms with Crippen LogP contribution < -0.4 is 66.8 Å². The maximum Gasteiger partial charge on any atom is 0.256 e. The van der Waals surface area contributed by atoms with Crippen LogP contribution in [-0.4, -0.2) is 13.4 Å². The highest BCUT2D eigenvalue weighted by atomic mass is 16.5. The van der Waals surface area contributed by atoms with Gasteiger partial charge in [-0.1, -0.05) is 190 Å². The molecule has 424 valence electrons. The molecule has 90 heavy (non-hydrogen) atoms. The van der Waals surface area contributed by atoms with Gasteiger partial charge in [-0.25, -0.2) is 0 Å². The van der Waals surface area contributed by atoms with Crippen LogP contribution in [0.25, 0.3) is 0 Å². The Hall–Kier alpha value is -11.4. The molecule has 5 aliphatic heterocycles. The molecule has 0 unspecified atom stereocenters. The molecule has 5 heterocycles. The first kappa shape index (κ1) is 51.8. The molecule has 0 atom stereocenters. The largest absolute Gasteiger partial charge is 0.458 e. The molecule has 0 radical (unpaired) electrons. The fraction of sp³-hybridized carbons (Fsp3) is 0.0370. The predicted octanol–water partition coefficient (Wildman–Crippen LogP) is 17.5. The van der Waals surface area contributed by atoms with E-state index in [-0.39, 0.29) is 13.4 Å². The number of hydrogen-bond donors (Lipinski definition) is 0. The van der Waals surface area contributed by atoms with E-state index in [2.05, 4.69) is 348 Å². The Bertz CT molecular complexity index is 4880. The molecular formula is C81H57B2N5O2. The van der Waals surface area contributed by atoms with E-state index < -0.39 is 5.41 Å². The number of para-hydroxylation sites is 9. The van der Waals surface area contributed by atoms with Crippen molar-refractivity contribution in [2.45, 2.75) is 19.3 Å². The minimum Gasteiger partial charge on any atom is -0.458 e. The fourth-order valence-electron chi connectivity index (χ4n) is 15.2. The standard InChI is InChI=1S/C81H57B2N5O2/c1-81(2)63-42-24-26-44-68(63)86(58-36-18-7-19-37-58)70-47-46-65-80(77(70)81)90-76-51-62(85(56-32-14-5-15-33-56)57-34-16-6-17-35-57)49-73-79(76)83(65)66-52-67-74(53-71(66)88(73)60-40-22-9-23-41-60)89-75-50-61(84(54-28-10-3-11-29-54)55-30-12-4-13-31-55)48-72-78(75)82(67)64-43-25-27-45-69(64)87(72)59-38-20-8-21-39-59/h3-53H,1-2H3. The highest BCUT2D eigenvalue weighted by molar-refractivity contribution is 7.02. The third-order valence-corrected chi connectivity index (χ3v) is 19.0. The molecule has 0 fully saturated rings. The number of hydrogen-bond acceptors (Lipinski definition) is 7. The lowest BCUT2D eigenvalue weighted by atomic mass is 9.30. The molecule has 0 amide bonds. The average Bonchev–Trinajstić information content (AvgIpc) is 0.698. The SMILES string of the molecule is CC1(C)c2ccccc2N(c2ccccc2)c2ccc3c(c21)Oc1cc(N(c2ccccc2)c2ccccc2)cc2c1B3c1cc3c(cc1N2c1ccccc1)Oc1cc(N(c2ccccc2)c2ccccc2)cc2c1B3c1ccccc1N2c1ccccc1. The molecule has 0 spiro atoms. The Morgan fingerprint density at radius 1 is 0.289 bits per heavy atom. The summed E-state index contributed by atoms with van der Waals surface area (Å²) in [6.45, 7) is 4.27. The van der Waals surface area contributed by atoms with Crippen LogP contribution in [0, 0.1) is 0 Å². The molecule has 9 heteroatoms. The summed E-state index contributed by atoms with van der Waals surface area (Å²) >= 11 is 0. The zero-order valence-electron chi connectivity index (χ0n) is 49.7. The van der Waals surface area contributed by atoms with E-state index in [1.54, 1.807) is 0 Å². The van der Waals surface area contributed by atoms with E-state index in [4.69, 9.17) is 9.47 Å². The van der Waals surface area contributed by atoms with Crippen molar-refractivity contribution in [2.75, 3.05) is 24.5 Å². The van der Waals surface area contributed by atoms with Gasteiger partial charge >= 0.3 is 0 Å². The lowest BCUT2D eigenvalue weighted by molar-refractivity contribution is 0.465. The highest BCUT2D eigenvalue weighted by Crippen LogP contribution is 2.57. The molecule has 13 aromatic rings. The van der Waals surface area contributed by atoms with Gasteiger partial charge in [-0.3, -0.25) is 0 Å². The van der Waals surface area contributed by atoms with Crippen molar-refractivity contribution in [1.29, 1.82) is 0 Å². The number of benzene rings is 13. The summed E-state index contributed by atoms with van der Waals surface area (Å²) in [6.07, 6.45) is 0. The molecule has 0 N–H and O–H groups in total. The summed E-state index contributed by atoms with van der Waals surface area (Å²) in [5.41, 5.74) is 24.6. The number of anilines is 15. The summed E-state index contributed by atoms with van der Waals surface area (Å²) in [5.74, 6) is 3.33. The Kier molecular flexibility index (Phi) is 11.7. The summed E-state index contributed by atoms with van der Waals surface area (Å²) in [5, 5.41) is 0. The normalized spacial score (nSPS) is 13.8. The molecule has 18 rings (SSSR count). The van der Waals surface area contributed by atoms with Crippen LogP contribution in [0.4, 0.5) is 85.3 Å². The second-order valence-corrected chi connectivity index (χ2v) is 24.4. The van der Waals surface area contributed by atoms with Gasteiger partial charge in [0, 0.05) is 91.7 Å². The molecule has 0 aliphatic carbocycles. The Labute approximate surface area is 525 Å². The van der Waals surface area contributed by atoms with E-state index in [0.717, 1.165) is 136 Å². The summed E-state index contributed by atoms with van der Waals surface area (Å²) in [4.78, 5) is 12.0. The van der Waals surface area contributed by atoms with Crippen LogP contribution in [0.5, 0.6) is 23.0 Å². The Morgan fingerprint density at radius 2 is 0.700 bits per heavy atom. The maximum atomic E-state index is 7.93. The molecular weight excluding hydrogens is 1100 g/mol.